The number of hydrogen-bond acceptors (Lipinski definition) is 5. The number of para-hydroxylation sites is 1. The molecular formula is C17H13N3O2. The van der Waals surface area contributed by atoms with Crippen molar-refractivity contribution in [2.75, 3.05) is 5.43 Å². The van der Waals surface area contributed by atoms with E-state index in [2.05, 4.69) is 15.8 Å². The van der Waals surface area contributed by atoms with Crippen molar-refractivity contribution in [1.82, 2.24) is 10.4 Å². The summed E-state index contributed by atoms with van der Waals surface area (Å²) in [4.78, 5) is 16.9. The third kappa shape index (κ3) is 1.99. The normalized spacial score (nSPS) is 12.9. The number of phenols is 1. The maximum absolute atomic E-state index is 12.5. The van der Waals surface area contributed by atoms with Gasteiger partial charge in [0.15, 0.2) is 5.78 Å². The third-order valence-electron chi connectivity index (χ3n) is 3.82. The summed E-state index contributed by atoms with van der Waals surface area (Å²) in [5.74, 6) is -0.251. The lowest BCUT2D eigenvalue weighted by Gasteiger charge is -2.06. The van der Waals surface area contributed by atoms with Crippen LogP contribution < -0.4 is 10.9 Å². The van der Waals surface area contributed by atoms with Gasteiger partial charge in [-0.05, 0) is 35.9 Å². The van der Waals surface area contributed by atoms with Gasteiger partial charge >= 0.3 is 0 Å². The van der Waals surface area contributed by atoms with Crippen molar-refractivity contribution in [3.8, 4) is 5.75 Å². The minimum Gasteiger partial charge on any atom is -0.507 e. The molecule has 22 heavy (non-hydrogen) atoms. The summed E-state index contributed by atoms with van der Waals surface area (Å²) in [5, 5.41) is 10.7. The average molecular weight is 291 g/mol. The van der Waals surface area contributed by atoms with Gasteiger partial charge in [-0.1, -0.05) is 12.1 Å². The number of aromatic hydroxyl groups is 1. The average Bonchev–Trinajstić information content (AvgIpc) is 2.99. The quantitative estimate of drug-likeness (QED) is 0.633. The van der Waals surface area contributed by atoms with Gasteiger partial charge in [0.25, 0.3) is 0 Å². The molecule has 5 heteroatoms. The fourth-order valence-corrected chi connectivity index (χ4v) is 2.67. The summed E-state index contributed by atoms with van der Waals surface area (Å²) in [7, 11) is 0. The molecule has 2 aromatic carbocycles. The number of anilines is 1. The van der Waals surface area contributed by atoms with Gasteiger partial charge in [0.05, 0.1) is 16.8 Å². The van der Waals surface area contributed by atoms with Crippen LogP contribution in [-0.2, 0) is 6.54 Å². The number of nitrogens with one attached hydrogen (secondary N) is 2. The molecular weight excluding hydrogens is 278 g/mol. The number of ketones is 1. The van der Waals surface area contributed by atoms with Crippen LogP contribution in [0, 0.1) is 0 Å². The molecule has 5 nitrogen and oxygen atoms in total. The number of aromatic nitrogens is 1. The van der Waals surface area contributed by atoms with Gasteiger partial charge in [0.1, 0.15) is 5.75 Å². The second kappa shape index (κ2) is 4.82. The molecule has 4 rings (SSSR count). The van der Waals surface area contributed by atoms with Gasteiger partial charge < -0.3 is 10.5 Å². The zero-order valence-corrected chi connectivity index (χ0v) is 11.6. The van der Waals surface area contributed by atoms with E-state index in [0.717, 1.165) is 28.7 Å². The van der Waals surface area contributed by atoms with Crippen LogP contribution in [0.25, 0.3) is 10.9 Å². The molecule has 0 saturated heterocycles. The van der Waals surface area contributed by atoms with Crippen molar-refractivity contribution in [3.05, 3.63) is 65.4 Å². The summed E-state index contributed by atoms with van der Waals surface area (Å²) in [5.41, 5.74) is 9.86. The molecule has 2 heterocycles. The highest BCUT2D eigenvalue weighted by atomic mass is 16.3. The predicted octanol–water partition coefficient (Wildman–Crippen LogP) is 2.60. The number of phenolic OH excluding ortho intramolecular Hbond substituents is 1. The lowest BCUT2D eigenvalue weighted by molar-refractivity contribution is 0.103. The van der Waals surface area contributed by atoms with Gasteiger partial charge in [0, 0.05) is 23.7 Å². The fourth-order valence-electron chi connectivity index (χ4n) is 2.67. The van der Waals surface area contributed by atoms with Crippen molar-refractivity contribution in [2.24, 2.45) is 0 Å². The van der Waals surface area contributed by atoms with Crippen LogP contribution in [0.3, 0.4) is 0 Å². The van der Waals surface area contributed by atoms with E-state index in [-0.39, 0.29) is 17.1 Å². The molecule has 0 amide bonds. The van der Waals surface area contributed by atoms with Crippen LogP contribution in [0.5, 0.6) is 5.75 Å². The van der Waals surface area contributed by atoms with E-state index < -0.39 is 0 Å². The predicted molar refractivity (Wildman–Crippen MR) is 83.7 cm³/mol. The molecule has 3 N–H and O–H groups in total. The van der Waals surface area contributed by atoms with Crippen LogP contribution in [0.2, 0.25) is 0 Å². The number of carbonyl (C=O) groups excluding carboxylic acids is 1. The number of hydrazine groups is 1. The maximum atomic E-state index is 12.5. The highest BCUT2D eigenvalue weighted by molar-refractivity contribution is 6.11. The number of carbonyl (C=O) groups is 1. The summed E-state index contributed by atoms with van der Waals surface area (Å²) in [6, 6.07) is 12.3. The molecule has 0 bridgehead atoms. The number of hydrogen-bond donors (Lipinski definition) is 3. The first-order valence-electron chi connectivity index (χ1n) is 6.96. The standard InChI is InChI=1S/C17H13N3O2/c21-16-4-2-1-3-13(16)17(22)12-6-10-5-11-9-19-20-15(11)7-14(10)18-8-12/h1-8,19-21H,9H2. The van der Waals surface area contributed by atoms with E-state index in [9.17, 15) is 9.90 Å². The Balaban J connectivity index is 1.81. The van der Waals surface area contributed by atoms with Gasteiger partial charge in [-0.15, -0.1) is 0 Å². The molecule has 0 atom stereocenters. The number of fused-ring (bicyclic) bond motifs is 2. The summed E-state index contributed by atoms with van der Waals surface area (Å²) >= 11 is 0. The number of nitrogens with zero attached hydrogens (tertiary/aromatic N) is 1. The molecule has 0 spiro atoms. The molecule has 1 aromatic heterocycles. The fraction of sp³-hybridized carbons (Fsp3) is 0.0588. The van der Waals surface area contributed by atoms with Gasteiger partial charge in [-0.3, -0.25) is 9.78 Å². The number of benzene rings is 2. The second-order valence-corrected chi connectivity index (χ2v) is 5.25. The monoisotopic (exact) mass is 291 g/mol. The highest BCUT2D eigenvalue weighted by Crippen LogP contribution is 2.27. The summed E-state index contributed by atoms with van der Waals surface area (Å²) in [6.45, 7) is 0.739. The van der Waals surface area contributed by atoms with E-state index in [1.165, 1.54) is 6.07 Å². The van der Waals surface area contributed by atoms with Crippen molar-refractivity contribution in [2.45, 2.75) is 6.54 Å². The van der Waals surface area contributed by atoms with E-state index in [1.807, 2.05) is 18.2 Å². The number of rotatable bonds is 2. The van der Waals surface area contributed by atoms with Crippen molar-refractivity contribution in [3.63, 3.8) is 0 Å². The molecule has 108 valence electrons. The van der Waals surface area contributed by atoms with Crippen molar-refractivity contribution in [1.29, 1.82) is 0 Å². The largest absolute Gasteiger partial charge is 0.507 e. The van der Waals surface area contributed by atoms with Gasteiger partial charge in [-0.2, -0.15) is 0 Å². The SMILES string of the molecule is O=C(c1cnc2cc3c(cc2c1)CNN3)c1ccccc1O. The molecule has 0 saturated carbocycles. The molecule has 0 aliphatic carbocycles. The minimum absolute atomic E-state index is 0.0186. The smallest absolute Gasteiger partial charge is 0.198 e. The van der Waals surface area contributed by atoms with E-state index in [1.54, 1.807) is 24.4 Å². The van der Waals surface area contributed by atoms with E-state index in [0.29, 0.717) is 5.56 Å². The molecule has 1 aliphatic rings. The first-order valence-corrected chi connectivity index (χ1v) is 6.96. The molecule has 3 aromatic rings. The van der Waals surface area contributed by atoms with E-state index >= 15 is 0 Å². The molecule has 0 fully saturated rings. The first-order chi connectivity index (χ1) is 10.7. The lowest BCUT2D eigenvalue weighted by atomic mass is 10.0. The Labute approximate surface area is 126 Å². The van der Waals surface area contributed by atoms with Gasteiger partial charge in [-0.25, -0.2) is 5.43 Å². The van der Waals surface area contributed by atoms with Crippen molar-refractivity contribution < 1.29 is 9.90 Å². The van der Waals surface area contributed by atoms with Gasteiger partial charge in [0.2, 0.25) is 0 Å². The maximum Gasteiger partial charge on any atom is 0.198 e. The van der Waals surface area contributed by atoms with Crippen LogP contribution >= 0.6 is 0 Å². The van der Waals surface area contributed by atoms with Crippen LogP contribution in [0.1, 0.15) is 21.5 Å². The van der Waals surface area contributed by atoms with E-state index in [4.69, 9.17) is 0 Å². The topological polar surface area (TPSA) is 74.2 Å². The molecule has 0 unspecified atom stereocenters. The Morgan fingerprint density at radius 2 is 2.05 bits per heavy atom. The molecule has 1 aliphatic heterocycles. The minimum atomic E-state index is -0.232. The Morgan fingerprint density at radius 3 is 2.91 bits per heavy atom. The zero-order valence-electron chi connectivity index (χ0n) is 11.6. The first kappa shape index (κ1) is 12.8. The summed E-state index contributed by atoms with van der Waals surface area (Å²) < 4.78 is 0. The Kier molecular flexibility index (Phi) is 2.80. The lowest BCUT2D eigenvalue weighted by Crippen LogP contribution is -2.10. The Hall–Kier alpha value is -2.92. The summed E-state index contributed by atoms with van der Waals surface area (Å²) in [6.07, 6.45) is 1.55. The molecule has 0 radical (unpaired) electrons. The Bertz CT molecular complexity index is 906. The van der Waals surface area contributed by atoms with Crippen LogP contribution in [0.4, 0.5) is 5.69 Å². The highest BCUT2D eigenvalue weighted by Gasteiger charge is 2.16. The Morgan fingerprint density at radius 1 is 1.18 bits per heavy atom. The zero-order chi connectivity index (χ0) is 15.1. The van der Waals surface area contributed by atoms with Crippen molar-refractivity contribution >= 4 is 22.4 Å². The third-order valence-corrected chi connectivity index (χ3v) is 3.82. The second-order valence-electron chi connectivity index (χ2n) is 5.25. The number of pyridine rings is 1. The van der Waals surface area contributed by atoms with Crippen LogP contribution in [-0.4, -0.2) is 15.9 Å². The van der Waals surface area contributed by atoms with Crippen LogP contribution in [0.15, 0.2) is 48.7 Å².